The van der Waals surface area contributed by atoms with E-state index in [0.717, 1.165) is 12.1 Å². The van der Waals surface area contributed by atoms with Gasteiger partial charge in [0.05, 0.1) is 22.5 Å². The summed E-state index contributed by atoms with van der Waals surface area (Å²) in [6.45, 7) is 0. The van der Waals surface area contributed by atoms with E-state index in [4.69, 9.17) is 0 Å². The summed E-state index contributed by atoms with van der Waals surface area (Å²) in [5.74, 6) is -1.53. The molecule has 0 amide bonds. The fourth-order valence-corrected chi connectivity index (χ4v) is 4.20. The van der Waals surface area contributed by atoms with Gasteiger partial charge in [-0.1, -0.05) is 12.1 Å². The zero-order valence-electron chi connectivity index (χ0n) is 11.6. The number of hydrogen-bond donors (Lipinski definition) is 1. The number of carbonyl (C=O) groups is 1. The molecule has 0 unspecified atom stereocenters. The summed E-state index contributed by atoms with van der Waals surface area (Å²) < 4.78 is 60.4. The fourth-order valence-electron chi connectivity index (χ4n) is 2.60. The molecule has 0 aromatic heterocycles. The van der Waals surface area contributed by atoms with Crippen LogP contribution < -0.4 is 0 Å². The Morgan fingerprint density at radius 2 is 1.64 bits per heavy atom. The molecule has 1 heterocycles. The summed E-state index contributed by atoms with van der Waals surface area (Å²) in [6.07, 6.45) is -4.46. The van der Waals surface area contributed by atoms with Gasteiger partial charge in [-0.15, -0.1) is 0 Å². The number of aliphatic carboxylic acids is 1. The van der Waals surface area contributed by atoms with Crippen LogP contribution in [0.25, 0.3) is 0 Å². The lowest BCUT2D eigenvalue weighted by atomic mass is 9.76. The molecule has 0 spiro atoms. The first-order valence-corrected chi connectivity index (χ1v) is 8.46. The molecule has 22 heavy (non-hydrogen) atoms. The van der Waals surface area contributed by atoms with Crippen molar-refractivity contribution in [3.63, 3.8) is 0 Å². The molecule has 1 saturated heterocycles. The van der Waals surface area contributed by atoms with E-state index >= 15 is 0 Å². The second-order valence-electron chi connectivity index (χ2n) is 5.61. The van der Waals surface area contributed by atoms with E-state index in [-0.39, 0.29) is 30.8 Å². The van der Waals surface area contributed by atoms with Gasteiger partial charge in [0.15, 0.2) is 0 Å². The van der Waals surface area contributed by atoms with Gasteiger partial charge in [-0.3, -0.25) is 4.79 Å². The Bertz CT molecular complexity index is 648. The lowest BCUT2D eigenvalue weighted by Gasteiger charge is -2.33. The minimum absolute atomic E-state index is 0.0221. The number of rotatable bonds is 3. The fraction of sp³-hybridized carbons (Fsp3) is 0.500. The summed E-state index contributed by atoms with van der Waals surface area (Å²) in [7, 11) is -3.22. The number of halogens is 3. The first-order valence-electron chi connectivity index (χ1n) is 6.64. The molecule has 2 rings (SSSR count). The maximum atomic E-state index is 12.5. The quantitative estimate of drug-likeness (QED) is 0.921. The molecule has 0 aliphatic carbocycles. The van der Waals surface area contributed by atoms with Crippen molar-refractivity contribution in [1.82, 2.24) is 0 Å². The average Bonchev–Trinajstić information content (AvgIpc) is 2.41. The van der Waals surface area contributed by atoms with Gasteiger partial charge in [-0.2, -0.15) is 13.2 Å². The van der Waals surface area contributed by atoms with Gasteiger partial charge in [0, 0.05) is 0 Å². The number of hydrogen-bond acceptors (Lipinski definition) is 3. The summed E-state index contributed by atoms with van der Waals surface area (Å²) >= 11 is 0. The molecule has 0 atom stereocenters. The van der Waals surface area contributed by atoms with E-state index < -0.39 is 33.0 Å². The summed E-state index contributed by atoms with van der Waals surface area (Å²) in [5.41, 5.74) is -1.58. The highest BCUT2D eigenvalue weighted by Crippen LogP contribution is 2.37. The standard InChI is InChI=1S/C14H15F3O4S/c15-14(16,17)11-3-1-10(2-4-11)9-13(12(18)19)5-7-22(20,21)8-6-13/h1-4H,5-9H2,(H,18,19). The summed E-state index contributed by atoms with van der Waals surface area (Å²) in [4.78, 5) is 11.5. The number of alkyl halides is 3. The van der Waals surface area contributed by atoms with Crippen molar-refractivity contribution in [3.05, 3.63) is 35.4 Å². The Morgan fingerprint density at radius 1 is 1.14 bits per heavy atom. The second-order valence-corrected chi connectivity index (χ2v) is 7.91. The number of carboxylic acids is 1. The van der Waals surface area contributed by atoms with Gasteiger partial charge in [0.25, 0.3) is 0 Å². The predicted octanol–water partition coefficient (Wildman–Crippen LogP) is 2.53. The maximum Gasteiger partial charge on any atom is 0.416 e. The van der Waals surface area contributed by atoms with Crippen molar-refractivity contribution in [2.75, 3.05) is 11.5 Å². The first kappa shape index (κ1) is 16.8. The van der Waals surface area contributed by atoms with Crippen molar-refractivity contribution >= 4 is 15.8 Å². The minimum atomic E-state index is -4.44. The van der Waals surface area contributed by atoms with Gasteiger partial charge in [-0.25, -0.2) is 8.42 Å². The average molecular weight is 336 g/mol. The van der Waals surface area contributed by atoms with Crippen molar-refractivity contribution in [2.24, 2.45) is 5.41 Å². The molecule has 1 N–H and O–H groups in total. The van der Waals surface area contributed by atoms with Crippen molar-refractivity contribution in [3.8, 4) is 0 Å². The lowest BCUT2D eigenvalue weighted by molar-refractivity contribution is -0.149. The largest absolute Gasteiger partial charge is 0.481 e. The van der Waals surface area contributed by atoms with Crippen molar-refractivity contribution < 1.29 is 31.5 Å². The molecule has 0 bridgehead atoms. The topological polar surface area (TPSA) is 71.4 Å². The number of benzene rings is 1. The third-order valence-corrected chi connectivity index (χ3v) is 5.71. The molecular formula is C14H15F3O4S. The molecule has 1 fully saturated rings. The molecule has 122 valence electrons. The molecule has 1 aromatic carbocycles. The van der Waals surface area contributed by atoms with E-state index in [0.29, 0.717) is 5.56 Å². The van der Waals surface area contributed by atoms with Crippen molar-refractivity contribution in [1.29, 1.82) is 0 Å². The van der Waals surface area contributed by atoms with Crippen LogP contribution >= 0.6 is 0 Å². The van der Waals surface area contributed by atoms with E-state index in [2.05, 4.69) is 0 Å². The van der Waals surface area contributed by atoms with Crippen LogP contribution in [0.1, 0.15) is 24.0 Å². The molecule has 0 radical (unpaired) electrons. The molecule has 0 saturated carbocycles. The maximum absolute atomic E-state index is 12.5. The van der Waals surface area contributed by atoms with Crippen molar-refractivity contribution in [2.45, 2.75) is 25.4 Å². The Balaban J connectivity index is 2.21. The van der Waals surface area contributed by atoms with Crippen LogP contribution in [0.3, 0.4) is 0 Å². The summed E-state index contributed by atoms with van der Waals surface area (Å²) in [6, 6.07) is 4.31. The zero-order valence-corrected chi connectivity index (χ0v) is 12.4. The van der Waals surface area contributed by atoms with E-state index in [1.54, 1.807) is 0 Å². The first-order chi connectivity index (χ1) is 10.0. The summed E-state index contributed by atoms with van der Waals surface area (Å²) in [5, 5.41) is 9.43. The van der Waals surface area contributed by atoms with Gasteiger partial charge in [0.2, 0.25) is 0 Å². The van der Waals surface area contributed by atoms with Crippen LogP contribution in [-0.4, -0.2) is 31.0 Å². The van der Waals surface area contributed by atoms with Crippen LogP contribution in [0.4, 0.5) is 13.2 Å². The van der Waals surface area contributed by atoms with Gasteiger partial charge >= 0.3 is 12.1 Å². The van der Waals surface area contributed by atoms with Gasteiger partial charge in [0.1, 0.15) is 9.84 Å². The van der Waals surface area contributed by atoms with Crippen LogP contribution in [-0.2, 0) is 27.2 Å². The predicted molar refractivity (Wildman–Crippen MR) is 73.1 cm³/mol. The normalized spacial score (nSPS) is 20.5. The molecule has 1 aliphatic rings. The molecular weight excluding hydrogens is 321 g/mol. The van der Waals surface area contributed by atoms with Crippen LogP contribution in [0.2, 0.25) is 0 Å². The van der Waals surface area contributed by atoms with E-state index in [9.17, 15) is 31.5 Å². The number of sulfone groups is 1. The Morgan fingerprint density at radius 3 is 2.05 bits per heavy atom. The Kier molecular flexibility index (Phi) is 4.25. The van der Waals surface area contributed by atoms with Crippen LogP contribution in [0, 0.1) is 5.41 Å². The van der Waals surface area contributed by atoms with Gasteiger partial charge < -0.3 is 5.11 Å². The van der Waals surface area contributed by atoms with Crippen LogP contribution in [0.5, 0.6) is 0 Å². The minimum Gasteiger partial charge on any atom is -0.481 e. The molecule has 8 heteroatoms. The van der Waals surface area contributed by atoms with E-state index in [1.807, 2.05) is 0 Å². The lowest BCUT2D eigenvalue weighted by Crippen LogP contribution is -2.41. The smallest absolute Gasteiger partial charge is 0.416 e. The van der Waals surface area contributed by atoms with Gasteiger partial charge in [-0.05, 0) is 37.0 Å². The number of carboxylic acid groups (broad SMARTS) is 1. The zero-order chi connectivity index (χ0) is 16.6. The highest BCUT2D eigenvalue weighted by Gasteiger charge is 2.43. The third kappa shape index (κ3) is 3.60. The molecule has 4 nitrogen and oxygen atoms in total. The second kappa shape index (κ2) is 5.57. The van der Waals surface area contributed by atoms with Crippen LogP contribution in [0.15, 0.2) is 24.3 Å². The Hall–Kier alpha value is -1.57. The molecule has 1 aliphatic heterocycles. The third-order valence-electron chi connectivity index (χ3n) is 4.06. The highest BCUT2D eigenvalue weighted by atomic mass is 32.2. The monoisotopic (exact) mass is 336 g/mol. The van der Waals surface area contributed by atoms with E-state index in [1.165, 1.54) is 12.1 Å². The highest BCUT2D eigenvalue weighted by molar-refractivity contribution is 7.91. The SMILES string of the molecule is O=C(O)C1(Cc2ccc(C(F)(F)F)cc2)CCS(=O)(=O)CC1. The Labute approximate surface area is 125 Å². The molecule has 1 aromatic rings.